The molecule has 4 nitrogen and oxygen atoms in total. The Labute approximate surface area is 98.9 Å². The Morgan fingerprint density at radius 3 is 2.94 bits per heavy atom. The molecule has 0 radical (unpaired) electrons. The van der Waals surface area contributed by atoms with E-state index in [2.05, 4.69) is 9.97 Å². The van der Waals surface area contributed by atoms with Gasteiger partial charge in [-0.2, -0.15) is 0 Å². The number of rotatable bonds is 1. The molecule has 0 aliphatic carbocycles. The fourth-order valence-electron chi connectivity index (χ4n) is 1.99. The van der Waals surface area contributed by atoms with E-state index in [1.807, 2.05) is 25.1 Å². The third kappa shape index (κ3) is 1.58. The molecule has 0 unspecified atom stereocenters. The number of nitrogens with zero attached hydrogens (tertiary/aromatic N) is 3. The van der Waals surface area contributed by atoms with Crippen molar-refractivity contribution in [3.63, 3.8) is 0 Å². The Balaban J connectivity index is 2.02. The van der Waals surface area contributed by atoms with E-state index in [0.29, 0.717) is 17.9 Å². The SMILES string of the molecule is Cc1ccnc(N2Cc3ccncc3C2=O)c1. The van der Waals surface area contributed by atoms with Gasteiger partial charge in [0.25, 0.3) is 5.91 Å². The van der Waals surface area contributed by atoms with Crippen molar-refractivity contribution in [2.45, 2.75) is 13.5 Å². The van der Waals surface area contributed by atoms with E-state index in [0.717, 1.165) is 11.1 Å². The third-order valence-corrected chi connectivity index (χ3v) is 2.89. The Hall–Kier alpha value is -2.23. The molecule has 2 aromatic heterocycles. The van der Waals surface area contributed by atoms with E-state index in [4.69, 9.17) is 0 Å². The van der Waals surface area contributed by atoms with Gasteiger partial charge in [0, 0.05) is 18.6 Å². The molecule has 3 rings (SSSR count). The highest BCUT2D eigenvalue weighted by molar-refractivity contribution is 6.09. The fraction of sp³-hybridized carbons (Fsp3) is 0.154. The molecule has 4 heteroatoms. The summed E-state index contributed by atoms with van der Waals surface area (Å²) in [5, 5.41) is 0. The quantitative estimate of drug-likeness (QED) is 0.745. The first-order valence-corrected chi connectivity index (χ1v) is 5.43. The number of fused-ring (bicyclic) bond motifs is 1. The van der Waals surface area contributed by atoms with E-state index < -0.39 is 0 Å². The predicted octanol–water partition coefficient (Wildman–Crippen LogP) is 1.95. The highest BCUT2D eigenvalue weighted by Gasteiger charge is 2.29. The van der Waals surface area contributed by atoms with Gasteiger partial charge in [-0.3, -0.25) is 14.7 Å². The predicted molar refractivity (Wildman–Crippen MR) is 63.7 cm³/mol. The van der Waals surface area contributed by atoms with E-state index in [9.17, 15) is 4.79 Å². The summed E-state index contributed by atoms with van der Waals surface area (Å²) in [5.74, 6) is 0.678. The van der Waals surface area contributed by atoms with Gasteiger partial charge in [0.1, 0.15) is 5.82 Å². The van der Waals surface area contributed by atoms with Gasteiger partial charge < -0.3 is 0 Å². The van der Waals surface area contributed by atoms with E-state index in [1.165, 1.54) is 0 Å². The van der Waals surface area contributed by atoms with Crippen LogP contribution in [0.15, 0.2) is 36.8 Å². The van der Waals surface area contributed by atoms with Crippen molar-refractivity contribution in [1.82, 2.24) is 9.97 Å². The number of carbonyl (C=O) groups excluding carboxylic acids is 1. The third-order valence-electron chi connectivity index (χ3n) is 2.89. The van der Waals surface area contributed by atoms with Crippen LogP contribution in [0, 0.1) is 6.92 Å². The Morgan fingerprint density at radius 1 is 1.29 bits per heavy atom. The van der Waals surface area contributed by atoms with Crippen LogP contribution < -0.4 is 4.90 Å². The average molecular weight is 225 g/mol. The maximum atomic E-state index is 12.2. The van der Waals surface area contributed by atoms with Gasteiger partial charge in [0.15, 0.2) is 0 Å². The fourth-order valence-corrected chi connectivity index (χ4v) is 1.99. The summed E-state index contributed by atoms with van der Waals surface area (Å²) in [4.78, 5) is 22.1. The molecule has 3 heterocycles. The van der Waals surface area contributed by atoms with Gasteiger partial charge in [-0.15, -0.1) is 0 Å². The molecule has 17 heavy (non-hydrogen) atoms. The number of aromatic nitrogens is 2. The van der Waals surface area contributed by atoms with Crippen LogP contribution >= 0.6 is 0 Å². The second-order valence-corrected chi connectivity index (χ2v) is 4.12. The molecule has 0 saturated heterocycles. The number of amides is 1. The number of hydrogen-bond acceptors (Lipinski definition) is 3. The number of aryl methyl sites for hydroxylation is 1. The van der Waals surface area contributed by atoms with Crippen LogP contribution in [0.25, 0.3) is 0 Å². The van der Waals surface area contributed by atoms with Gasteiger partial charge in [-0.05, 0) is 36.2 Å². The molecule has 0 atom stereocenters. The van der Waals surface area contributed by atoms with Crippen LogP contribution in [0.4, 0.5) is 5.82 Å². The second kappa shape index (κ2) is 3.66. The molecule has 0 bridgehead atoms. The van der Waals surface area contributed by atoms with Crippen LogP contribution in [-0.4, -0.2) is 15.9 Å². The minimum atomic E-state index is -0.0220. The van der Waals surface area contributed by atoms with Crippen LogP contribution in [0.3, 0.4) is 0 Å². The van der Waals surface area contributed by atoms with Gasteiger partial charge >= 0.3 is 0 Å². The van der Waals surface area contributed by atoms with E-state index in [-0.39, 0.29) is 5.91 Å². The van der Waals surface area contributed by atoms with Crippen LogP contribution in [0.2, 0.25) is 0 Å². The smallest absolute Gasteiger partial charge is 0.261 e. The molecule has 0 aromatic carbocycles. The van der Waals surface area contributed by atoms with Gasteiger partial charge in [-0.25, -0.2) is 4.98 Å². The first kappa shape index (κ1) is 9.96. The molecular weight excluding hydrogens is 214 g/mol. The highest BCUT2D eigenvalue weighted by Crippen LogP contribution is 2.26. The summed E-state index contributed by atoms with van der Waals surface area (Å²) in [7, 11) is 0. The van der Waals surface area contributed by atoms with Crippen LogP contribution in [0.5, 0.6) is 0 Å². The van der Waals surface area contributed by atoms with Crippen molar-refractivity contribution in [1.29, 1.82) is 0 Å². The number of pyridine rings is 2. The van der Waals surface area contributed by atoms with E-state index >= 15 is 0 Å². The Morgan fingerprint density at radius 2 is 2.18 bits per heavy atom. The molecule has 84 valence electrons. The summed E-state index contributed by atoms with van der Waals surface area (Å²) >= 11 is 0. The summed E-state index contributed by atoms with van der Waals surface area (Å²) in [6, 6.07) is 5.71. The lowest BCUT2D eigenvalue weighted by molar-refractivity contribution is 0.0995. The lowest BCUT2D eigenvalue weighted by atomic mass is 10.2. The van der Waals surface area contributed by atoms with Crippen molar-refractivity contribution >= 4 is 11.7 Å². The zero-order valence-electron chi connectivity index (χ0n) is 9.42. The zero-order chi connectivity index (χ0) is 11.8. The zero-order valence-corrected chi connectivity index (χ0v) is 9.42. The Kier molecular flexibility index (Phi) is 2.14. The average Bonchev–Trinajstić information content (AvgIpc) is 2.68. The largest absolute Gasteiger partial charge is 0.288 e. The number of carbonyl (C=O) groups is 1. The maximum Gasteiger partial charge on any atom is 0.261 e. The minimum absolute atomic E-state index is 0.0220. The van der Waals surface area contributed by atoms with Crippen molar-refractivity contribution < 1.29 is 4.79 Å². The first-order chi connectivity index (χ1) is 8.25. The molecular formula is C13H11N3O. The van der Waals surface area contributed by atoms with Gasteiger partial charge in [0.05, 0.1) is 12.1 Å². The number of hydrogen-bond donors (Lipinski definition) is 0. The van der Waals surface area contributed by atoms with Crippen LogP contribution in [0.1, 0.15) is 21.5 Å². The molecule has 0 fully saturated rings. The summed E-state index contributed by atoms with van der Waals surface area (Å²) in [6.07, 6.45) is 5.05. The minimum Gasteiger partial charge on any atom is -0.288 e. The standard InChI is InChI=1S/C13H11N3O/c1-9-2-5-15-12(6-9)16-8-10-3-4-14-7-11(10)13(16)17/h2-7H,8H2,1H3. The highest BCUT2D eigenvalue weighted by atomic mass is 16.2. The normalized spacial score (nSPS) is 13.9. The first-order valence-electron chi connectivity index (χ1n) is 5.43. The molecule has 1 amide bonds. The molecule has 1 aliphatic heterocycles. The van der Waals surface area contributed by atoms with Gasteiger partial charge in [0.2, 0.25) is 0 Å². The van der Waals surface area contributed by atoms with E-state index in [1.54, 1.807) is 23.5 Å². The van der Waals surface area contributed by atoms with Crippen LogP contribution in [-0.2, 0) is 6.54 Å². The maximum absolute atomic E-state index is 12.2. The van der Waals surface area contributed by atoms with Gasteiger partial charge in [-0.1, -0.05) is 0 Å². The summed E-state index contributed by atoms with van der Waals surface area (Å²) in [6.45, 7) is 2.56. The van der Waals surface area contributed by atoms with Crippen molar-refractivity contribution in [2.24, 2.45) is 0 Å². The van der Waals surface area contributed by atoms with Crippen molar-refractivity contribution in [3.05, 3.63) is 53.5 Å². The summed E-state index contributed by atoms with van der Waals surface area (Å²) in [5.41, 5.74) is 2.78. The molecule has 2 aromatic rings. The summed E-state index contributed by atoms with van der Waals surface area (Å²) < 4.78 is 0. The lowest BCUT2D eigenvalue weighted by Gasteiger charge is -2.14. The molecule has 0 spiro atoms. The topological polar surface area (TPSA) is 46.1 Å². The molecule has 0 N–H and O–H groups in total. The lowest BCUT2D eigenvalue weighted by Crippen LogP contribution is -2.24. The van der Waals surface area contributed by atoms with Crippen molar-refractivity contribution in [3.8, 4) is 0 Å². The number of anilines is 1. The Bertz CT molecular complexity index is 595. The molecule has 0 saturated carbocycles. The van der Waals surface area contributed by atoms with Crippen molar-refractivity contribution in [2.75, 3.05) is 4.90 Å². The second-order valence-electron chi connectivity index (χ2n) is 4.12. The molecule has 1 aliphatic rings. The monoisotopic (exact) mass is 225 g/mol.